The van der Waals surface area contributed by atoms with Crippen molar-refractivity contribution in [2.45, 2.75) is 37.8 Å². The minimum Gasteiger partial charge on any atom is -0.391 e. The predicted molar refractivity (Wildman–Crippen MR) is 77.5 cm³/mol. The highest BCUT2D eigenvalue weighted by Crippen LogP contribution is 2.19. The highest BCUT2D eigenvalue weighted by molar-refractivity contribution is 5.98. The average molecular weight is 270 g/mol. The molecule has 2 N–H and O–H groups in total. The Balaban J connectivity index is 1.78. The van der Waals surface area contributed by atoms with Crippen LogP contribution in [-0.4, -0.2) is 28.1 Å². The van der Waals surface area contributed by atoms with Crippen LogP contribution in [0.3, 0.4) is 0 Å². The number of rotatable bonds is 2. The van der Waals surface area contributed by atoms with E-state index in [1.165, 1.54) is 0 Å². The van der Waals surface area contributed by atoms with E-state index in [0.717, 1.165) is 36.6 Å². The first kappa shape index (κ1) is 13.1. The minimum absolute atomic E-state index is 0.123. The van der Waals surface area contributed by atoms with E-state index in [-0.39, 0.29) is 11.9 Å². The van der Waals surface area contributed by atoms with Gasteiger partial charge in [-0.3, -0.25) is 9.78 Å². The Bertz CT molecular complexity index is 627. The molecule has 0 aliphatic heterocycles. The fourth-order valence-electron chi connectivity index (χ4n) is 2.75. The molecule has 0 unspecified atom stereocenters. The van der Waals surface area contributed by atoms with Crippen LogP contribution >= 0.6 is 0 Å². The fraction of sp³-hybridized carbons (Fsp3) is 0.375. The Labute approximate surface area is 117 Å². The van der Waals surface area contributed by atoms with Gasteiger partial charge in [0.1, 0.15) is 0 Å². The second kappa shape index (κ2) is 5.59. The van der Waals surface area contributed by atoms with Gasteiger partial charge in [-0.15, -0.1) is 0 Å². The second-order valence-corrected chi connectivity index (χ2v) is 5.34. The standard InChI is InChI=1S/C16H18N2O2/c19-15-6-2-1-5-14(15)18-16(20)12-7-8-13-11(10-12)4-3-9-17-13/h3-4,7-10,14-15,19H,1-2,5-6H2,(H,18,20)/t14-,15-/m1/s1. The molecule has 1 aliphatic rings. The van der Waals surface area contributed by atoms with Gasteiger partial charge in [-0.2, -0.15) is 0 Å². The molecule has 1 fully saturated rings. The van der Waals surface area contributed by atoms with E-state index in [2.05, 4.69) is 10.3 Å². The smallest absolute Gasteiger partial charge is 0.251 e. The van der Waals surface area contributed by atoms with Crippen LogP contribution in [0.5, 0.6) is 0 Å². The Morgan fingerprint density at radius 1 is 1.25 bits per heavy atom. The third-order valence-corrected chi connectivity index (χ3v) is 3.91. The minimum atomic E-state index is -0.421. The molecule has 104 valence electrons. The zero-order valence-corrected chi connectivity index (χ0v) is 11.2. The number of aromatic nitrogens is 1. The number of amides is 1. The van der Waals surface area contributed by atoms with Crippen LogP contribution < -0.4 is 5.32 Å². The second-order valence-electron chi connectivity index (χ2n) is 5.34. The van der Waals surface area contributed by atoms with Crippen molar-refractivity contribution in [1.29, 1.82) is 0 Å². The van der Waals surface area contributed by atoms with E-state index in [1.54, 1.807) is 12.3 Å². The normalized spacial score (nSPS) is 22.6. The molecule has 4 nitrogen and oxygen atoms in total. The summed E-state index contributed by atoms with van der Waals surface area (Å²) in [6.45, 7) is 0. The van der Waals surface area contributed by atoms with Crippen molar-refractivity contribution in [3.63, 3.8) is 0 Å². The SMILES string of the molecule is O=C(N[C@@H]1CCCC[C@H]1O)c1ccc2ncccc2c1. The number of aliphatic hydroxyl groups is 1. The number of aliphatic hydroxyl groups excluding tert-OH is 1. The lowest BCUT2D eigenvalue weighted by Gasteiger charge is -2.28. The zero-order valence-electron chi connectivity index (χ0n) is 11.2. The number of pyridine rings is 1. The molecule has 1 aromatic heterocycles. The molecule has 0 radical (unpaired) electrons. The summed E-state index contributed by atoms with van der Waals surface area (Å²) in [7, 11) is 0. The van der Waals surface area contributed by atoms with Gasteiger partial charge < -0.3 is 10.4 Å². The molecular formula is C16H18N2O2. The third-order valence-electron chi connectivity index (χ3n) is 3.91. The van der Waals surface area contributed by atoms with E-state index in [9.17, 15) is 9.90 Å². The maximum absolute atomic E-state index is 12.3. The van der Waals surface area contributed by atoms with Gasteiger partial charge in [0.2, 0.25) is 0 Å². The van der Waals surface area contributed by atoms with Gasteiger partial charge in [-0.1, -0.05) is 18.9 Å². The van der Waals surface area contributed by atoms with Crippen LogP contribution in [0.25, 0.3) is 10.9 Å². The van der Waals surface area contributed by atoms with Crippen LogP contribution in [0.2, 0.25) is 0 Å². The number of carbonyl (C=O) groups excluding carboxylic acids is 1. The zero-order chi connectivity index (χ0) is 13.9. The number of hydrogen-bond acceptors (Lipinski definition) is 3. The predicted octanol–water partition coefficient (Wildman–Crippen LogP) is 2.27. The first-order chi connectivity index (χ1) is 9.74. The molecule has 2 atom stereocenters. The van der Waals surface area contributed by atoms with Gasteiger partial charge in [0.25, 0.3) is 5.91 Å². The van der Waals surface area contributed by atoms with Crippen molar-refractivity contribution in [3.05, 3.63) is 42.1 Å². The first-order valence-corrected chi connectivity index (χ1v) is 7.08. The van der Waals surface area contributed by atoms with Crippen molar-refractivity contribution in [2.24, 2.45) is 0 Å². The molecule has 3 rings (SSSR count). The quantitative estimate of drug-likeness (QED) is 0.880. The number of benzene rings is 1. The van der Waals surface area contributed by atoms with Crippen LogP contribution in [0, 0.1) is 0 Å². The summed E-state index contributed by atoms with van der Waals surface area (Å²) in [5, 5.41) is 13.8. The molecule has 0 spiro atoms. The fourth-order valence-corrected chi connectivity index (χ4v) is 2.75. The monoisotopic (exact) mass is 270 g/mol. The molecule has 0 saturated heterocycles. The first-order valence-electron chi connectivity index (χ1n) is 7.08. The number of fused-ring (bicyclic) bond motifs is 1. The van der Waals surface area contributed by atoms with Crippen LogP contribution in [0.15, 0.2) is 36.5 Å². The van der Waals surface area contributed by atoms with Crippen molar-refractivity contribution < 1.29 is 9.90 Å². The molecule has 1 aromatic carbocycles. The maximum atomic E-state index is 12.3. The van der Waals surface area contributed by atoms with Gasteiger partial charge in [0.15, 0.2) is 0 Å². The number of carbonyl (C=O) groups is 1. The van der Waals surface area contributed by atoms with E-state index in [0.29, 0.717) is 5.56 Å². The maximum Gasteiger partial charge on any atom is 0.251 e. The Morgan fingerprint density at radius 3 is 2.95 bits per heavy atom. The molecule has 20 heavy (non-hydrogen) atoms. The van der Waals surface area contributed by atoms with Crippen molar-refractivity contribution in [2.75, 3.05) is 0 Å². The molecule has 1 heterocycles. The van der Waals surface area contributed by atoms with Crippen LogP contribution in [0.4, 0.5) is 0 Å². The summed E-state index contributed by atoms with van der Waals surface area (Å²) in [4.78, 5) is 16.5. The topological polar surface area (TPSA) is 62.2 Å². The van der Waals surface area contributed by atoms with Crippen molar-refractivity contribution >= 4 is 16.8 Å². The molecule has 0 bridgehead atoms. The van der Waals surface area contributed by atoms with Gasteiger partial charge in [-0.25, -0.2) is 0 Å². The third kappa shape index (κ3) is 2.65. The van der Waals surface area contributed by atoms with Gasteiger partial charge in [0.05, 0.1) is 17.7 Å². The number of nitrogens with zero attached hydrogens (tertiary/aromatic N) is 1. The van der Waals surface area contributed by atoms with Crippen LogP contribution in [-0.2, 0) is 0 Å². The summed E-state index contributed by atoms with van der Waals surface area (Å²) >= 11 is 0. The van der Waals surface area contributed by atoms with Crippen LogP contribution in [0.1, 0.15) is 36.0 Å². The summed E-state index contributed by atoms with van der Waals surface area (Å²) in [5.41, 5.74) is 1.49. The molecule has 1 saturated carbocycles. The summed E-state index contributed by atoms with van der Waals surface area (Å²) in [6, 6.07) is 9.14. The average Bonchev–Trinajstić information content (AvgIpc) is 2.49. The molecule has 4 heteroatoms. The van der Waals surface area contributed by atoms with E-state index >= 15 is 0 Å². The summed E-state index contributed by atoms with van der Waals surface area (Å²) < 4.78 is 0. The summed E-state index contributed by atoms with van der Waals surface area (Å²) in [5.74, 6) is -0.123. The van der Waals surface area contributed by atoms with Crippen molar-refractivity contribution in [3.8, 4) is 0 Å². The number of nitrogens with one attached hydrogen (secondary N) is 1. The molecule has 1 amide bonds. The molecular weight excluding hydrogens is 252 g/mol. The molecule has 2 aromatic rings. The van der Waals surface area contributed by atoms with Crippen molar-refractivity contribution in [1.82, 2.24) is 10.3 Å². The Kier molecular flexibility index (Phi) is 3.65. The lowest BCUT2D eigenvalue weighted by Crippen LogP contribution is -2.45. The Hall–Kier alpha value is -1.94. The van der Waals surface area contributed by atoms with Gasteiger partial charge in [-0.05, 0) is 37.1 Å². The lowest BCUT2D eigenvalue weighted by molar-refractivity contribution is 0.0717. The summed E-state index contributed by atoms with van der Waals surface area (Å²) in [6.07, 6.45) is 5.03. The largest absolute Gasteiger partial charge is 0.391 e. The molecule has 1 aliphatic carbocycles. The highest BCUT2D eigenvalue weighted by atomic mass is 16.3. The lowest BCUT2D eigenvalue weighted by atomic mass is 9.92. The Morgan fingerprint density at radius 2 is 2.10 bits per heavy atom. The van der Waals surface area contributed by atoms with Gasteiger partial charge in [0, 0.05) is 17.1 Å². The van der Waals surface area contributed by atoms with E-state index in [4.69, 9.17) is 0 Å². The van der Waals surface area contributed by atoms with E-state index in [1.807, 2.05) is 24.3 Å². The highest BCUT2D eigenvalue weighted by Gasteiger charge is 2.24. The van der Waals surface area contributed by atoms with E-state index < -0.39 is 6.10 Å². The van der Waals surface area contributed by atoms with Gasteiger partial charge >= 0.3 is 0 Å². The number of hydrogen-bond donors (Lipinski definition) is 2.